The molecule has 1 amide bonds. The summed E-state index contributed by atoms with van der Waals surface area (Å²) in [5, 5.41) is 3.97. The SMILES string of the molecule is CC(C)NC(=O)c1ccc(Cn2c(SCc3cccc(F)c3)nc3ccccc3c2=O)cc1. The number of amides is 1. The number of para-hydroxylation sites is 1. The van der Waals surface area contributed by atoms with E-state index >= 15 is 0 Å². The highest BCUT2D eigenvalue weighted by Gasteiger charge is 2.13. The predicted octanol–water partition coefficient (Wildman–Crippen LogP) is 5.01. The smallest absolute Gasteiger partial charge is 0.262 e. The molecule has 1 heterocycles. The average Bonchev–Trinajstić information content (AvgIpc) is 2.80. The minimum atomic E-state index is -0.293. The Morgan fingerprint density at radius 3 is 2.52 bits per heavy atom. The molecule has 0 saturated carbocycles. The predicted molar refractivity (Wildman–Crippen MR) is 130 cm³/mol. The molecule has 4 rings (SSSR count). The van der Waals surface area contributed by atoms with Crippen molar-refractivity contribution in [3.63, 3.8) is 0 Å². The number of carbonyl (C=O) groups is 1. The van der Waals surface area contributed by atoms with Gasteiger partial charge in [0, 0.05) is 17.4 Å². The van der Waals surface area contributed by atoms with Crippen molar-refractivity contribution in [1.82, 2.24) is 14.9 Å². The zero-order valence-corrected chi connectivity index (χ0v) is 19.2. The van der Waals surface area contributed by atoms with Crippen molar-refractivity contribution < 1.29 is 9.18 Å². The van der Waals surface area contributed by atoms with Crippen LogP contribution in [0.2, 0.25) is 0 Å². The maximum atomic E-state index is 13.6. The second-order valence-electron chi connectivity index (χ2n) is 8.05. The highest BCUT2D eigenvalue weighted by atomic mass is 32.2. The van der Waals surface area contributed by atoms with Crippen LogP contribution in [0.15, 0.2) is 82.7 Å². The fourth-order valence-electron chi connectivity index (χ4n) is 3.46. The lowest BCUT2D eigenvalue weighted by atomic mass is 10.1. The van der Waals surface area contributed by atoms with Gasteiger partial charge in [-0.15, -0.1) is 0 Å². The van der Waals surface area contributed by atoms with Crippen LogP contribution in [0.3, 0.4) is 0 Å². The summed E-state index contributed by atoms with van der Waals surface area (Å²) in [6.45, 7) is 4.14. The molecule has 33 heavy (non-hydrogen) atoms. The second-order valence-corrected chi connectivity index (χ2v) is 8.99. The molecule has 0 atom stereocenters. The van der Waals surface area contributed by atoms with Gasteiger partial charge in [-0.2, -0.15) is 0 Å². The molecule has 168 valence electrons. The van der Waals surface area contributed by atoms with Crippen LogP contribution in [-0.4, -0.2) is 21.5 Å². The molecular formula is C26H24FN3O2S. The molecule has 1 N–H and O–H groups in total. The maximum absolute atomic E-state index is 13.6. The summed E-state index contributed by atoms with van der Waals surface area (Å²) in [6.07, 6.45) is 0. The van der Waals surface area contributed by atoms with Gasteiger partial charge < -0.3 is 5.32 Å². The minimum absolute atomic E-state index is 0.0529. The van der Waals surface area contributed by atoms with Gasteiger partial charge in [0.05, 0.1) is 17.4 Å². The molecule has 4 aromatic rings. The fourth-order valence-corrected chi connectivity index (χ4v) is 4.40. The van der Waals surface area contributed by atoms with Crippen molar-refractivity contribution in [3.05, 3.63) is 106 Å². The third kappa shape index (κ3) is 5.49. The molecule has 3 aromatic carbocycles. The third-order valence-electron chi connectivity index (χ3n) is 5.06. The van der Waals surface area contributed by atoms with E-state index in [0.29, 0.717) is 33.9 Å². The molecule has 0 aliphatic rings. The van der Waals surface area contributed by atoms with E-state index in [1.165, 1.54) is 23.9 Å². The molecule has 0 aliphatic heterocycles. The molecule has 0 bridgehead atoms. The Bertz CT molecular complexity index is 1350. The summed E-state index contributed by atoms with van der Waals surface area (Å²) in [4.78, 5) is 30.2. The van der Waals surface area contributed by atoms with Gasteiger partial charge in [0.25, 0.3) is 11.5 Å². The molecule has 7 heteroatoms. The van der Waals surface area contributed by atoms with Gasteiger partial charge in [0.2, 0.25) is 0 Å². The first kappa shape index (κ1) is 22.7. The van der Waals surface area contributed by atoms with E-state index in [2.05, 4.69) is 5.32 Å². The number of fused-ring (bicyclic) bond motifs is 1. The molecule has 0 unspecified atom stereocenters. The van der Waals surface area contributed by atoms with E-state index in [1.807, 2.05) is 50.2 Å². The van der Waals surface area contributed by atoms with Crippen LogP contribution in [-0.2, 0) is 12.3 Å². The molecule has 0 saturated heterocycles. The molecule has 0 aliphatic carbocycles. The highest BCUT2D eigenvalue weighted by Crippen LogP contribution is 2.23. The zero-order chi connectivity index (χ0) is 23.4. The average molecular weight is 462 g/mol. The van der Waals surface area contributed by atoms with Crippen LogP contribution in [0.25, 0.3) is 10.9 Å². The molecule has 0 fully saturated rings. The summed E-state index contributed by atoms with van der Waals surface area (Å²) < 4.78 is 15.2. The molecular weight excluding hydrogens is 437 g/mol. The Hall–Kier alpha value is -3.45. The van der Waals surface area contributed by atoms with E-state index in [1.54, 1.807) is 28.8 Å². The lowest BCUT2D eigenvalue weighted by Crippen LogP contribution is -2.30. The fraction of sp³-hybridized carbons (Fsp3) is 0.192. The minimum Gasteiger partial charge on any atom is -0.350 e. The van der Waals surface area contributed by atoms with Crippen molar-refractivity contribution in [2.24, 2.45) is 0 Å². The number of nitrogens with one attached hydrogen (secondary N) is 1. The van der Waals surface area contributed by atoms with Crippen LogP contribution in [0.5, 0.6) is 0 Å². The van der Waals surface area contributed by atoms with E-state index < -0.39 is 0 Å². The van der Waals surface area contributed by atoms with Crippen molar-refractivity contribution in [2.45, 2.75) is 37.3 Å². The Kier molecular flexibility index (Phi) is 6.89. The number of carbonyl (C=O) groups excluding carboxylic acids is 1. The third-order valence-corrected chi connectivity index (χ3v) is 6.11. The van der Waals surface area contributed by atoms with Crippen LogP contribution >= 0.6 is 11.8 Å². The topological polar surface area (TPSA) is 64.0 Å². The van der Waals surface area contributed by atoms with Gasteiger partial charge in [-0.1, -0.05) is 48.2 Å². The zero-order valence-electron chi connectivity index (χ0n) is 18.4. The van der Waals surface area contributed by atoms with Crippen LogP contribution in [0.4, 0.5) is 4.39 Å². The number of hydrogen-bond acceptors (Lipinski definition) is 4. The summed E-state index contributed by atoms with van der Waals surface area (Å²) in [7, 11) is 0. The Morgan fingerprint density at radius 2 is 1.79 bits per heavy atom. The van der Waals surface area contributed by atoms with Crippen molar-refractivity contribution >= 4 is 28.6 Å². The summed E-state index contributed by atoms with van der Waals surface area (Å²) in [6, 6.07) is 20.9. The van der Waals surface area contributed by atoms with Gasteiger partial charge in [0.15, 0.2) is 5.16 Å². The first-order valence-electron chi connectivity index (χ1n) is 10.7. The lowest BCUT2D eigenvalue weighted by molar-refractivity contribution is 0.0943. The van der Waals surface area contributed by atoms with Crippen LogP contribution in [0, 0.1) is 5.82 Å². The summed E-state index contributed by atoms with van der Waals surface area (Å²) in [5.41, 5.74) is 2.75. The molecule has 0 spiro atoms. The van der Waals surface area contributed by atoms with Crippen LogP contribution in [0.1, 0.15) is 35.3 Å². The summed E-state index contributed by atoms with van der Waals surface area (Å²) in [5.74, 6) is 0.0580. The van der Waals surface area contributed by atoms with Crippen molar-refractivity contribution in [2.75, 3.05) is 0 Å². The second kappa shape index (κ2) is 10.0. The van der Waals surface area contributed by atoms with Gasteiger partial charge in [0.1, 0.15) is 5.82 Å². The van der Waals surface area contributed by atoms with Crippen molar-refractivity contribution in [1.29, 1.82) is 0 Å². The van der Waals surface area contributed by atoms with Gasteiger partial charge in [-0.3, -0.25) is 14.2 Å². The summed E-state index contributed by atoms with van der Waals surface area (Å²) >= 11 is 1.39. The van der Waals surface area contributed by atoms with Gasteiger partial charge in [-0.25, -0.2) is 9.37 Å². The van der Waals surface area contributed by atoms with E-state index in [-0.39, 0.29) is 23.3 Å². The quantitative estimate of drug-likeness (QED) is 0.310. The molecule has 5 nitrogen and oxygen atoms in total. The molecule has 1 aromatic heterocycles. The monoisotopic (exact) mass is 461 g/mol. The Balaban J connectivity index is 1.65. The van der Waals surface area contributed by atoms with Gasteiger partial charge in [-0.05, 0) is 61.4 Å². The van der Waals surface area contributed by atoms with Crippen LogP contribution < -0.4 is 10.9 Å². The van der Waals surface area contributed by atoms with E-state index in [9.17, 15) is 14.0 Å². The normalized spacial score (nSPS) is 11.2. The van der Waals surface area contributed by atoms with Crippen molar-refractivity contribution in [3.8, 4) is 0 Å². The maximum Gasteiger partial charge on any atom is 0.262 e. The first-order valence-corrected chi connectivity index (χ1v) is 11.7. The number of benzene rings is 3. The number of rotatable bonds is 7. The standard InChI is InChI=1S/C26H24FN3O2S/c1-17(2)28-24(31)20-12-10-18(11-13-20)15-30-25(32)22-8-3-4-9-23(22)29-26(30)33-16-19-6-5-7-21(27)14-19/h3-14,17H,15-16H2,1-2H3,(H,28,31). The van der Waals surface area contributed by atoms with E-state index in [0.717, 1.165) is 11.1 Å². The number of hydrogen-bond donors (Lipinski definition) is 1. The Morgan fingerprint density at radius 1 is 1.03 bits per heavy atom. The highest BCUT2D eigenvalue weighted by molar-refractivity contribution is 7.98. The number of halogens is 1. The number of nitrogens with zero attached hydrogens (tertiary/aromatic N) is 2. The largest absolute Gasteiger partial charge is 0.350 e. The Labute approximate surface area is 195 Å². The molecule has 0 radical (unpaired) electrons. The number of thioether (sulfide) groups is 1. The van der Waals surface area contributed by atoms with Gasteiger partial charge >= 0.3 is 0 Å². The first-order chi connectivity index (χ1) is 15.9. The number of aromatic nitrogens is 2. The lowest BCUT2D eigenvalue weighted by Gasteiger charge is -2.14. The van der Waals surface area contributed by atoms with E-state index in [4.69, 9.17) is 4.98 Å².